The van der Waals surface area contributed by atoms with Crippen molar-refractivity contribution in [2.45, 2.75) is 12.8 Å². The van der Waals surface area contributed by atoms with Crippen LogP contribution in [0.15, 0.2) is 0 Å². The van der Waals surface area contributed by atoms with Crippen molar-refractivity contribution in [3.8, 4) is 11.8 Å². The van der Waals surface area contributed by atoms with Gasteiger partial charge in [0.25, 0.3) is 0 Å². The number of hydrogen-bond donors (Lipinski definition) is 0. The molecule has 1 fully saturated rings. The highest BCUT2D eigenvalue weighted by Gasteiger charge is 2.37. The molecule has 0 amide bonds. The van der Waals surface area contributed by atoms with E-state index in [-0.39, 0.29) is 0 Å². The average molecular weight is 78.1 g/mol. The maximum absolute atomic E-state index is 3.14. The van der Waals surface area contributed by atoms with Crippen molar-refractivity contribution >= 4 is 0 Å². The Morgan fingerprint density at radius 2 is 2.50 bits per heavy atom. The van der Waals surface area contributed by atoms with E-state index in [2.05, 4.69) is 11.8 Å². The van der Waals surface area contributed by atoms with Gasteiger partial charge in [0.05, 0.1) is 0 Å². The van der Waals surface area contributed by atoms with Crippen LogP contribution in [0.4, 0.5) is 0 Å². The van der Waals surface area contributed by atoms with Crippen molar-refractivity contribution in [2.75, 3.05) is 0 Å². The van der Waals surface area contributed by atoms with Gasteiger partial charge in [0, 0.05) is 12.3 Å². The first kappa shape index (κ1) is 2.69. The first-order valence-corrected chi connectivity index (χ1v) is 2.45. The van der Waals surface area contributed by atoms with Crippen LogP contribution in [0.5, 0.6) is 0 Å². The Balaban J connectivity index is 2.33. The van der Waals surface area contributed by atoms with Gasteiger partial charge in [-0.25, -0.2) is 0 Å². The fraction of sp³-hybridized carbons (Fsp3) is 0.667. The zero-order valence-electron chi connectivity index (χ0n) is 3.57. The molecule has 2 aliphatic carbocycles. The van der Waals surface area contributed by atoms with Crippen LogP contribution in [-0.2, 0) is 0 Å². The second kappa shape index (κ2) is 0.632. The summed E-state index contributed by atoms with van der Waals surface area (Å²) in [6.45, 7) is 0. The summed E-state index contributed by atoms with van der Waals surface area (Å²) in [6, 6.07) is 0. The molecule has 0 aromatic carbocycles. The monoisotopic (exact) mass is 78.0 g/mol. The molecule has 0 heteroatoms. The lowest BCUT2D eigenvalue weighted by atomic mass is 10.3. The summed E-state index contributed by atoms with van der Waals surface area (Å²) in [7, 11) is 0. The summed E-state index contributed by atoms with van der Waals surface area (Å²) >= 11 is 0. The largest absolute Gasteiger partial charge is 0.103 e. The van der Waals surface area contributed by atoms with Gasteiger partial charge in [-0.05, 0) is 12.3 Å². The van der Waals surface area contributed by atoms with E-state index in [1.165, 1.54) is 12.8 Å². The third-order valence-electron chi connectivity index (χ3n) is 1.57. The Hall–Kier alpha value is -0.440. The van der Waals surface area contributed by atoms with Gasteiger partial charge in [0.15, 0.2) is 0 Å². The zero-order valence-corrected chi connectivity index (χ0v) is 3.57. The smallest absolute Gasteiger partial charge is 0.0244 e. The molecule has 0 nitrogen and oxygen atoms in total. The molecule has 0 saturated heterocycles. The molecule has 0 aliphatic heterocycles. The van der Waals surface area contributed by atoms with Gasteiger partial charge < -0.3 is 0 Å². The number of hydrogen-bond acceptors (Lipinski definition) is 0. The summed E-state index contributed by atoms with van der Waals surface area (Å²) in [5.41, 5.74) is 0. The lowest BCUT2D eigenvalue weighted by Crippen LogP contribution is -1.63. The number of fused-ring (bicyclic) bond motifs is 1. The molecule has 2 aliphatic rings. The molecule has 0 aromatic rings. The lowest BCUT2D eigenvalue weighted by Gasteiger charge is -1.69. The predicted octanol–water partition coefficient (Wildman–Crippen LogP) is 1.03. The van der Waals surface area contributed by atoms with Crippen LogP contribution in [0.3, 0.4) is 0 Å². The molecule has 0 N–H and O–H groups in total. The Morgan fingerprint density at radius 1 is 1.50 bits per heavy atom. The van der Waals surface area contributed by atoms with Gasteiger partial charge in [-0.3, -0.25) is 0 Å². The zero-order chi connectivity index (χ0) is 3.98. The predicted molar refractivity (Wildman–Crippen MR) is 24.0 cm³/mol. The Bertz CT molecular complexity index is 125. The molecule has 6 heavy (non-hydrogen) atoms. The normalized spacial score (nSPS) is 46.7. The van der Waals surface area contributed by atoms with Crippen molar-refractivity contribution in [2.24, 2.45) is 11.8 Å². The van der Waals surface area contributed by atoms with E-state index in [1.54, 1.807) is 0 Å². The fourth-order valence-electron chi connectivity index (χ4n) is 0.971. The summed E-state index contributed by atoms with van der Waals surface area (Å²) in [4.78, 5) is 0. The highest BCUT2D eigenvalue weighted by Crippen LogP contribution is 2.43. The lowest BCUT2D eigenvalue weighted by molar-refractivity contribution is 0.864. The van der Waals surface area contributed by atoms with Crippen LogP contribution in [-0.4, -0.2) is 0 Å². The van der Waals surface area contributed by atoms with E-state index in [1.807, 2.05) is 0 Å². The number of rotatable bonds is 0. The van der Waals surface area contributed by atoms with Crippen LogP contribution in [0.1, 0.15) is 12.8 Å². The average Bonchev–Trinajstić information content (AvgIpc) is 2.17. The fourth-order valence-corrected chi connectivity index (χ4v) is 0.971. The molecule has 0 heterocycles. The van der Waals surface area contributed by atoms with Crippen molar-refractivity contribution in [3.05, 3.63) is 0 Å². The summed E-state index contributed by atoms with van der Waals surface area (Å²) in [6.07, 6.45) is 2.61. The van der Waals surface area contributed by atoms with Crippen LogP contribution < -0.4 is 0 Å². The SMILES string of the molecule is C1#CC2CC2C1. The topological polar surface area (TPSA) is 0 Å². The molecule has 0 aromatic heterocycles. The van der Waals surface area contributed by atoms with Gasteiger partial charge in [0.1, 0.15) is 0 Å². The molecule has 0 spiro atoms. The Labute approximate surface area is 37.6 Å². The van der Waals surface area contributed by atoms with E-state index in [4.69, 9.17) is 0 Å². The molecule has 2 unspecified atom stereocenters. The summed E-state index contributed by atoms with van der Waals surface area (Å²) in [5.74, 6) is 8.06. The van der Waals surface area contributed by atoms with Gasteiger partial charge in [-0.1, -0.05) is 5.92 Å². The Kier molecular flexibility index (Phi) is 0.283. The molecule has 0 bridgehead atoms. The van der Waals surface area contributed by atoms with Crippen LogP contribution in [0.25, 0.3) is 0 Å². The molecule has 1 saturated carbocycles. The summed E-state index contributed by atoms with van der Waals surface area (Å²) in [5, 5.41) is 0. The third kappa shape index (κ3) is 0.175. The first-order chi connectivity index (χ1) is 2.97. The van der Waals surface area contributed by atoms with E-state index in [0.717, 1.165) is 11.8 Å². The maximum atomic E-state index is 3.14. The van der Waals surface area contributed by atoms with Crippen LogP contribution >= 0.6 is 0 Å². The molecular formula is C6H6. The molecule has 2 atom stereocenters. The van der Waals surface area contributed by atoms with E-state index < -0.39 is 0 Å². The summed E-state index contributed by atoms with van der Waals surface area (Å²) < 4.78 is 0. The van der Waals surface area contributed by atoms with Gasteiger partial charge >= 0.3 is 0 Å². The van der Waals surface area contributed by atoms with Crippen molar-refractivity contribution in [3.63, 3.8) is 0 Å². The molecule has 0 radical (unpaired) electrons. The van der Waals surface area contributed by atoms with Gasteiger partial charge in [-0.15, -0.1) is 5.92 Å². The highest BCUT2D eigenvalue weighted by molar-refractivity contribution is 5.21. The van der Waals surface area contributed by atoms with Gasteiger partial charge in [-0.2, -0.15) is 0 Å². The maximum Gasteiger partial charge on any atom is 0.0244 e. The minimum atomic E-state index is 0.852. The van der Waals surface area contributed by atoms with E-state index in [0.29, 0.717) is 0 Å². The highest BCUT2D eigenvalue weighted by atomic mass is 14.4. The van der Waals surface area contributed by atoms with E-state index >= 15 is 0 Å². The first-order valence-electron chi connectivity index (χ1n) is 2.45. The van der Waals surface area contributed by atoms with E-state index in [9.17, 15) is 0 Å². The molecule has 2 rings (SSSR count). The van der Waals surface area contributed by atoms with Crippen LogP contribution in [0, 0.1) is 23.7 Å². The van der Waals surface area contributed by atoms with Crippen molar-refractivity contribution < 1.29 is 0 Å². The molecule has 30 valence electrons. The second-order valence-electron chi connectivity index (χ2n) is 2.13. The standard InChI is InChI=1S/C6H6/c1-2-5-4-6(5)3-1/h5-6H,2,4H2. The second-order valence-corrected chi connectivity index (χ2v) is 2.13. The van der Waals surface area contributed by atoms with Crippen molar-refractivity contribution in [1.82, 2.24) is 0 Å². The third-order valence-corrected chi connectivity index (χ3v) is 1.57. The Morgan fingerprint density at radius 3 is 2.67 bits per heavy atom. The molecular weight excluding hydrogens is 72.1 g/mol. The quantitative estimate of drug-likeness (QED) is 0.379. The van der Waals surface area contributed by atoms with Gasteiger partial charge in [0.2, 0.25) is 0 Å². The minimum Gasteiger partial charge on any atom is -0.103 e. The minimum absolute atomic E-state index is 0.852. The van der Waals surface area contributed by atoms with Crippen molar-refractivity contribution in [1.29, 1.82) is 0 Å². The van der Waals surface area contributed by atoms with Crippen LogP contribution in [0.2, 0.25) is 0 Å².